The molecule has 0 radical (unpaired) electrons. The Hall–Kier alpha value is -0.850. The summed E-state index contributed by atoms with van der Waals surface area (Å²) in [6.07, 6.45) is 4.69. The summed E-state index contributed by atoms with van der Waals surface area (Å²) in [6, 6.07) is 1.81. The van der Waals surface area contributed by atoms with Crippen LogP contribution in [0.25, 0.3) is 0 Å². The molecule has 0 spiro atoms. The highest BCUT2D eigenvalue weighted by atomic mass is 32.2. The third-order valence-electron chi connectivity index (χ3n) is 3.04. The van der Waals surface area contributed by atoms with Gasteiger partial charge in [-0.05, 0) is 24.8 Å². The summed E-state index contributed by atoms with van der Waals surface area (Å²) < 4.78 is 27.6. The van der Waals surface area contributed by atoms with Gasteiger partial charge in [-0.1, -0.05) is 0 Å². The van der Waals surface area contributed by atoms with E-state index in [1.165, 1.54) is 0 Å². The maximum atomic E-state index is 11.3. The van der Waals surface area contributed by atoms with Gasteiger partial charge >= 0.3 is 0 Å². The number of hydrazine groups is 1. The molecule has 1 aliphatic heterocycles. The summed E-state index contributed by atoms with van der Waals surface area (Å²) in [5, 5.41) is 0. The normalized spacial score (nSPS) is 25.7. The van der Waals surface area contributed by atoms with E-state index in [4.69, 9.17) is 10.3 Å². The third kappa shape index (κ3) is 2.63. The minimum Gasteiger partial charge on any atom is -0.472 e. The lowest BCUT2D eigenvalue weighted by Crippen LogP contribution is -2.29. The quantitative estimate of drug-likeness (QED) is 0.598. The Morgan fingerprint density at radius 1 is 1.62 bits per heavy atom. The Bertz CT molecular complexity index is 427. The molecular formula is C10H16N2O3S. The van der Waals surface area contributed by atoms with Crippen LogP contribution < -0.4 is 11.3 Å². The average Bonchev–Trinajstić information content (AvgIpc) is 2.84. The molecule has 1 aromatic rings. The van der Waals surface area contributed by atoms with Crippen molar-refractivity contribution in [3.05, 3.63) is 24.2 Å². The molecular weight excluding hydrogens is 228 g/mol. The SMILES string of the molecule is NNC(CC1CCS(=O)(=O)C1)c1ccoc1. The van der Waals surface area contributed by atoms with Gasteiger partial charge in [-0.25, -0.2) is 8.42 Å². The van der Waals surface area contributed by atoms with E-state index in [9.17, 15) is 8.42 Å². The van der Waals surface area contributed by atoms with E-state index in [-0.39, 0.29) is 17.7 Å². The van der Waals surface area contributed by atoms with Crippen molar-refractivity contribution >= 4 is 9.84 Å². The van der Waals surface area contributed by atoms with Crippen molar-refractivity contribution < 1.29 is 12.8 Å². The first-order valence-electron chi connectivity index (χ1n) is 5.29. The average molecular weight is 244 g/mol. The lowest BCUT2D eigenvalue weighted by atomic mass is 9.96. The lowest BCUT2D eigenvalue weighted by molar-refractivity contribution is 0.417. The Morgan fingerprint density at radius 2 is 2.44 bits per heavy atom. The summed E-state index contributed by atoms with van der Waals surface area (Å²) in [6.45, 7) is 0. The Balaban J connectivity index is 1.98. The van der Waals surface area contributed by atoms with Gasteiger partial charge in [-0.15, -0.1) is 0 Å². The van der Waals surface area contributed by atoms with Crippen molar-refractivity contribution in [2.45, 2.75) is 18.9 Å². The highest BCUT2D eigenvalue weighted by Gasteiger charge is 2.30. The number of nitrogens with one attached hydrogen (secondary N) is 1. The van der Waals surface area contributed by atoms with Crippen LogP contribution in [-0.2, 0) is 9.84 Å². The van der Waals surface area contributed by atoms with Crippen LogP contribution >= 0.6 is 0 Å². The Morgan fingerprint density at radius 3 is 2.94 bits per heavy atom. The number of furan rings is 1. The highest BCUT2D eigenvalue weighted by Crippen LogP contribution is 2.28. The zero-order chi connectivity index (χ0) is 11.6. The first kappa shape index (κ1) is 11.6. The summed E-state index contributed by atoms with van der Waals surface area (Å²) in [5.74, 6) is 6.25. The second-order valence-corrected chi connectivity index (χ2v) is 6.51. The molecule has 2 unspecified atom stereocenters. The molecule has 0 aliphatic carbocycles. The summed E-state index contributed by atoms with van der Waals surface area (Å²) >= 11 is 0. The van der Waals surface area contributed by atoms with Crippen molar-refractivity contribution in [2.24, 2.45) is 11.8 Å². The molecule has 90 valence electrons. The summed E-state index contributed by atoms with van der Waals surface area (Å²) in [5.41, 5.74) is 3.67. The van der Waals surface area contributed by atoms with E-state index in [0.717, 1.165) is 18.4 Å². The molecule has 0 aromatic carbocycles. The van der Waals surface area contributed by atoms with E-state index in [1.807, 2.05) is 6.07 Å². The number of hydrogen-bond acceptors (Lipinski definition) is 5. The van der Waals surface area contributed by atoms with Crippen molar-refractivity contribution in [2.75, 3.05) is 11.5 Å². The van der Waals surface area contributed by atoms with E-state index >= 15 is 0 Å². The number of rotatable bonds is 4. The maximum Gasteiger partial charge on any atom is 0.150 e. The van der Waals surface area contributed by atoms with Gasteiger partial charge in [0.2, 0.25) is 0 Å². The van der Waals surface area contributed by atoms with Gasteiger partial charge in [-0.2, -0.15) is 0 Å². The van der Waals surface area contributed by atoms with Crippen molar-refractivity contribution in [3.63, 3.8) is 0 Å². The third-order valence-corrected chi connectivity index (χ3v) is 4.88. The minimum atomic E-state index is -2.81. The molecule has 0 saturated carbocycles. The molecule has 1 fully saturated rings. The van der Waals surface area contributed by atoms with Gasteiger partial charge in [0, 0.05) is 11.6 Å². The first-order chi connectivity index (χ1) is 7.61. The molecule has 0 amide bonds. The van der Waals surface area contributed by atoms with Gasteiger partial charge in [0.15, 0.2) is 9.84 Å². The maximum absolute atomic E-state index is 11.3. The minimum absolute atomic E-state index is 0.0305. The van der Waals surface area contributed by atoms with Crippen molar-refractivity contribution in [3.8, 4) is 0 Å². The molecule has 1 aromatic heterocycles. The van der Waals surface area contributed by atoms with E-state index in [1.54, 1.807) is 12.5 Å². The van der Waals surface area contributed by atoms with Gasteiger partial charge in [0.05, 0.1) is 24.0 Å². The molecule has 16 heavy (non-hydrogen) atoms. The molecule has 2 atom stereocenters. The standard InChI is InChI=1S/C10H16N2O3S/c11-12-10(9-1-3-15-6-9)5-8-2-4-16(13,14)7-8/h1,3,6,8,10,12H,2,4-5,7,11H2. The zero-order valence-corrected chi connectivity index (χ0v) is 9.74. The van der Waals surface area contributed by atoms with Gasteiger partial charge in [-0.3, -0.25) is 11.3 Å². The van der Waals surface area contributed by atoms with Crippen LogP contribution in [0.1, 0.15) is 24.4 Å². The second-order valence-electron chi connectivity index (χ2n) is 4.28. The smallest absolute Gasteiger partial charge is 0.150 e. The highest BCUT2D eigenvalue weighted by molar-refractivity contribution is 7.91. The first-order valence-corrected chi connectivity index (χ1v) is 7.11. The topological polar surface area (TPSA) is 85.3 Å². The molecule has 2 rings (SSSR count). The molecule has 5 nitrogen and oxygen atoms in total. The van der Waals surface area contributed by atoms with Gasteiger partial charge < -0.3 is 4.42 Å². The second kappa shape index (κ2) is 4.57. The van der Waals surface area contributed by atoms with E-state index < -0.39 is 9.84 Å². The molecule has 0 bridgehead atoms. The number of sulfone groups is 1. The Kier molecular flexibility index (Phi) is 3.32. The zero-order valence-electron chi connectivity index (χ0n) is 8.93. The van der Waals surface area contributed by atoms with Crippen LogP contribution in [0.4, 0.5) is 0 Å². The largest absolute Gasteiger partial charge is 0.472 e. The molecule has 3 N–H and O–H groups in total. The molecule has 2 heterocycles. The lowest BCUT2D eigenvalue weighted by Gasteiger charge is -2.17. The molecule has 6 heteroatoms. The van der Waals surface area contributed by atoms with Gasteiger partial charge in [0.25, 0.3) is 0 Å². The molecule has 1 saturated heterocycles. The fraction of sp³-hybridized carbons (Fsp3) is 0.600. The fourth-order valence-corrected chi connectivity index (χ4v) is 4.04. The van der Waals surface area contributed by atoms with Crippen LogP contribution in [0.5, 0.6) is 0 Å². The molecule has 1 aliphatic rings. The number of nitrogens with two attached hydrogens (primary N) is 1. The monoisotopic (exact) mass is 244 g/mol. The van der Waals surface area contributed by atoms with Crippen LogP contribution in [-0.4, -0.2) is 19.9 Å². The van der Waals surface area contributed by atoms with Crippen LogP contribution in [0.2, 0.25) is 0 Å². The van der Waals surface area contributed by atoms with Crippen LogP contribution in [0.15, 0.2) is 23.0 Å². The van der Waals surface area contributed by atoms with E-state index in [0.29, 0.717) is 5.75 Å². The number of hydrogen-bond donors (Lipinski definition) is 2. The predicted molar refractivity (Wildman–Crippen MR) is 60.1 cm³/mol. The fourth-order valence-electron chi connectivity index (χ4n) is 2.16. The van der Waals surface area contributed by atoms with Crippen LogP contribution in [0.3, 0.4) is 0 Å². The van der Waals surface area contributed by atoms with Crippen molar-refractivity contribution in [1.29, 1.82) is 0 Å². The van der Waals surface area contributed by atoms with Gasteiger partial charge in [0.1, 0.15) is 0 Å². The van der Waals surface area contributed by atoms with E-state index in [2.05, 4.69) is 5.43 Å². The predicted octanol–water partition coefficient (Wildman–Crippen LogP) is 0.609. The van der Waals surface area contributed by atoms with Crippen molar-refractivity contribution in [1.82, 2.24) is 5.43 Å². The Labute approximate surface area is 94.9 Å². The van der Waals surface area contributed by atoms with Crippen LogP contribution in [0, 0.1) is 5.92 Å². The summed E-state index contributed by atoms with van der Waals surface area (Å²) in [7, 11) is -2.81. The summed E-state index contributed by atoms with van der Waals surface area (Å²) in [4.78, 5) is 0.